The van der Waals surface area contributed by atoms with Gasteiger partial charge in [-0.25, -0.2) is 0 Å². The standard InChI is InChI=1S/C23H20F3N3O2S/c1-13-7-3-4-8-14(13)12-32-22-28-21(31)19-16(11-18(30)27-20(19)29(22)2)15-9-5-6-10-17(15)23(24,25)26/h3-10,16H,11-12H2,1-2H3,(H,27,30). The van der Waals surface area contributed by atoms with E-state index in [1.807, 2.05) is 31.2 Å². The lowest BCUT2D eigenvalue weighted by Crippen LogP contribution is -2.34. The fourth-order valence-electron chi connectivity index (χ4n) is 3.90. The molecule has 1 aliphatic rings. The molecule has 9 heteroatoms. The smallest absolute Gasteiger partial charge is 0.312 e. The van der Waals surface area contributed by atoms with Crippen molar-refractivity contribution in [1.29, 1.82) is 0 Å². The highest BCUT2D eigenvalue weighted by Gasteiger charge is 2.39. The third-order valence-corrected chi connectivity index (χ3v) is 6.64. The number of thioether (sulfide) groups is 1. The van der Waals surface area contributed by atoms with Crippen molar-refractivity contribution in [1.82, 2.24) is 9.55 Å². The first-order valence-electron chi connectivity index (χ1n) is 9.91. The molecule has 1 atom stereocenters. The highest BCUT2D eigenvalue weighted by atomic mass is 32.2. The Bertz CT molecular complexity index is 1250. The van der Waals surface area contributed by atoms with Gasteiger partial charge in [0.15, 0.2) is 5.16 Å². The highest BCUT2D eigenvalue weighted by Crippen LogP contribution is 2.42. The lowest BCUT2D eigenvalue weighted by molar-refractivity contribution is -0.138. The van der Waals surface area contributed by atoms with E-state index in [2.05, 4.69) is 10.3 Å². The van der Waals surface area contributed by atoms with Crippen molar-refractivity contribution >= 4 is 23.5 Å². The number of nitrogens with one attached hydrogen (secondary N) is 1. The van der Waals surface area contributed by atoms with Crippen LogP contribution >= 0.6 is 11.8 Å². The van der Waals surface area contributed by atoms with Gasteiger partial charge in [-0.05, 0) is 29.7 Å². The minimum atomic E-state index is -4.60. The first kappa shape index (κ1) is 22.1. The van der Waals surface area contributed by atoms with Crippen molar-refractivity contribution < 1.29 is 18.0 Å². The highest BCUT2D eigenvalue weighted by molar-refractivity contribution is 7.98. The van der Waals surface area contributed by atoms with Gasteiger partial charge in [0.2, 0.25) is 5.91 Å². The lowest BCUT2D eigenvalue weighted by Gasteiger charge is -2.29. The third kappa shape index (κ3) is 4.17. The van der Waals surface area contributed by atoms with E-state index in [0.29, 0.717) is 10.9 Å². The third-order valence-electron chi connectivity index (χ3n) is 5.56. The van der Waals surface area contributed by atoms with Gasteiger partial charge in [0.05, 0.1) is 11.1 Å². The molecule has 3 aromatic rings. The van der Waals surface area contributed by atoms with Gasteiger partial charge in [-0.1, -0.05) is 54.2 Å². The summed E-state index contributed by atoms with van der Waals surface area (Å²) in [6.45, 7) is 1.98. The van der Waals surface area contributed by atoms with Crippen LogP contribution < -0.4 is 10.9 Å². The van der Waals surface area contributed by atoms with Crippen LogP contribution in [0.4, 0.5) is 19.0 Å². The predicted octanol–water partition coefficient (Wildman–Crippen LogP) is 4.87. The van der Waals surface area contributed by atoms with Gasteiger partial charge in [-0.2, -0.15) is 18.2 Å². The molecule has 1 N–H and O–H groups in total. The van der Waals surface area contributed by atoms with Crippen LogP contribution in [0.25, 0.3) is 0 Å². The average molecular weight is 459 g/mol. The summed E-state index contributed by atoms with van der Waals surface area (Å²) in [4.78, 5) is 29.6. The van der Waals surface area contributed by atoms with Crippen LogP contribution in [0, 0.1) is 6.92 Å². The molecular formula is C23H20F3N3O2S. The number of nitrogens with zero attached hydrogens (tertiary/aromatic N) is 2. The summed E-state index contributed by atoms with van der Waals surface area (Å²) in [7, 11) is 1.64. The van der Waals surface area contributed by atoms with Crippen LogP contribution in [0.1, 0.15) is 40.2 Å². The maximum Gasteiger partial charge on any atom is 0.416 e. The lowest BCUT2D eigenvalue weighted by atomic mass is 9.84. The second-order valence-corrected chi connectivity index (χ2v) is 8.57. The van der Waals surface area contributed by atoms with Crippen molar-refractivity contribution in [3.8, 4) is 0 Å². The van der Waals surface area contributed by atoms with Crippen LogP contribution in [0.15, 0.2) is 58.5 Å². The average Bonchev–Trinajstić information content (AvgIpc) is 2.75. The van der Waals surface area contributed by atoms with Gasteiger partial charge in [-0.15, -0.1) is 0 Å². The Hall–Kier alpha value is -3.07. The fraction of sp³-hybridized carbons (Fsp3) is 0.261. The fourth-order valence-corrected chi connectivity index (χ4v) is 4.94. The van der Waals surface area contributed by atoms with Crippen LogP contribution in [0.5, 0.6) is 0 Å². The minimum Gasteiger partial charge on any atom is -0.312 e. The molecule has 0 saturated heterocycles. The zero-order valence-electron chi connectivity index (χ0n) is 17.4. The summed E-state index contributed by atoms with van der Waals surface area (Å²) < 4.78 is 42.4. The topological polar surface area (TPSA) is 64.0 Å². The molecule has 1 aliphatic heterocycles. The monoisotopic (exact) mass is 459 g/mol. The Kier molecular flexibility index (Phi) is 5.85. The summed E-state index contributed by atoms with van der Waals surface area (Å²) in [6.07, 6.45) is -4.86. The van der Waals surface area contributed by atoms with E-state index >= 15 is 0 Å². The summed E-state index contributed by atoms with van der Waals surface area (Å²) in [5, 5.41) is 3.04. The van der Waals surface area contributed by atoms with Crippen LogP contribution in [0.2, 0.25) is 0 Å². The van der Waals surface area contributed by atoms with Gasteiger partial charge >= 0.3 is 6.18 Å². The van der Waals surface area contributed by atoms with Gasteiger partial charge in [0.1, 0.15) is 5.82 Å². The van der Waals surface area contributed by atoms with E-state index in [1.54, 1.807) is 11.6 Å². The van der Waals surface area contributed by atoms with Crippen molar-refractivity contribution in [2.24, 2.45) is 7.05 Å². The molecule has 0 saturated carbocycles. The number of halogens is 3. The summed E-state index contributed by atoms with van der Waals surface area (Å²) in [5.41, 5.74) is 0.656. The number of rotatable bonds is 4. The van der Waals surface area contributed by atoms with Gasteiger partial charge in [-0.3, -0.25) is 9.59 Å². The Balaban J connectivity index is 1.78. The molecule has 0 fully saturated rings. The van der Waals surface area contributed by atoms with E-state index in [9.17, 15) is 22.8 Å². The maximum atomic E-state index is 13.6. The van der Waals surface area contributed by atoms with Crippen molar-refractivity contribution in [2.45, 2.75) is 36.3 Å². The second-order valence-electron chi connectivity index (χ2n) is 7.63. The van der Waals surface area contributed by atoms with Crippen molar-refractivity contribution in [3.05, 3.63) is 86.7 Å². The largest absolute Gasteiger partial charge is 0.416 e. The van der Waals surface area contributed by atoms with Gasteiger partial charge < -0.3 is 9.88 Å². The summed E-state index contributed by atoms with van der Waals surface area (Å²) in [5.74, 6) is -0.732. The first-order chi connectivity index (χ1) is 15.2. The van der Waals surface area contributed by atoms with Crippen molar-refractivity contribution in [3.63, 3.8) is 0 Å². The number of amides is 1. The van der Waals surface area contributed by atoms with Crippen LogP contribution in [-0.4, -0.2) is 15.5 Å². The SMILES string of the molecule is Cc1ccccc1CSc1nc(=O)c2c(n1C)NC(=O)CC2c1ccccc1C(F)(F)F. The molecule has 1 aromatic heterocycles. The van der Waals surface area contributed by atoms with Crippen LogP contribution in [-0.2, 0) is 23.8 Å². The number of aromatic nitrogens is 2. The molecule has 4 rings (SSSR count). The quantitative estimate of drug-likeness (QED) is 0.447. The second kappa shape index (κ2) is 8.46. The summed E-state index contributed by atoms with van der Waals surface area (Å²) >= 11 is 1.33. The zero-order valence-corrected chi connectivity index (χ0v) is 18.2. The Morgan fingerprint density at radius 3 is 2.53 bits per heavy atom. The Labute approximate surface area is 186 Å². The van der Waals surface area contributed by atoms with E-state index in [0.717, 1.165) is 17.2 Å². The zero-order chi connectivity index (χ0) is 23.0. The molecule has 0 radical (unpaired) electrons. The predicted molar refractivity (Wildman–Crippen MR) is 117 cm³/mol. The van der Waals surface area contributed by atoms with E-state index in [-0.39, 0.29) is 23.4 Å². The molecule has 0 bridgehead atoms. The molecule has 2 aromatic carbocycles. The number of aryl methyl sites for hydroxylation is 1. The molecule has 0 spiro atoms. The molecule has 2 heterocycles. The number of benzene rings is 2. The van der Waals surface area contributed by atoms with E-state index in [4.69, 9.17) is 0 Å². The van der Waals surface area contributed by atoms with Gasteiger partial charge in [0, 0.05) is 25.1 Å². The molecule has 32 heavy (non-hydrogen) atoms. The number of alkyl halides is 3. The minimum absolute atomic E-state index is 0.0732. The summed E-state index contributed by atoms with van der Waals surface area (Å²) in [6, 6.07) is 12.9. The number of fused-ring (bicyclic) bond motifs is 1. The number of hydrogen-bond donors (Lipinski definition) is 1. The number of carbonyl (C=O) groups excluding carboxylic acids is 1. The maximum absolute atomic E-state index is 13.6. The number of anilines is 1. The molecule has 1 amide bonds. The molecular weight excluding hydrogens is 439 g/mol. The van der Waals surface area contributed by atoms with E-state index < -0.39 is 29.1 Å². The molecule has 0 aliphatic carbocycles. The van der Waals surface area contributed by atoms with Crippen molar-refractivity contribution in [2.75, 3.05) is 5.32 Å². The van der Waals surface area contributed by atoms with Gasteiger partial charge in [0.25, 0.3) is 5.56 Å². The number of carbonyl (C=O) groups is 1. The first-order valence-corrected chi connectivity index (χ1v) is 10.9. The molecule has 5 nitrogen and oxygen atoms in total. The molecule has 166 valence electrons. The van der Waals surface area contributed by atoms with E-state index in [1.165, 1.54) is 30.0 Å². The van der Waals surface area contributed by atoms with Crippen LogP contribution in [0.3, 0.4) is 0 Å². The Morgan fingerprint density at radius 2 is 1.81 bits per heavy atom. The molecule has 1 unspecified atom stereocenters. The Morgan fingerprint density at radius 1 is 1.12 bits per heavy atom. The normalized spacial score (nSPS) is 15.9. The number of hydrogen-bond acceptors (Lipinski definition) is 4.